The third kappa shape index (κ3) is 4.21. The van der Waals surface area contributed by atoms with Gasteiger partial charge in [0.25, 0.3) is 11.7 Å². The van der Waals surface area contributed by atoms with Crippen molar-refractivity contribution in [2.75, 3.05) is 6.54 Å². The van der Waals surface area contributed by atoms with Gasteiger partial charge in [-0.15, -0.1) is 0 Å². The summed E-state index contributed by atoms with van der Waals surface area (Å²) >= 11 is 0. The van der Waals surface area contributed by atoms with Gasteiger partial charge in [-0.2, -0.15) is 0 Å². The van der Waals surface area contributed by atoms with Gasteiger partial charge >= 0.3 is 0 Å². The molecule has 0 saturated carbocycles. The highest BCUT2D eigenvalue weighted by atomic mass is 16.3. The zero-order valence-corrected chi connectivity index (χ0v) is 18.3. The maximum atomic E-state index is 13.1. The van der Waals surface area contributed by atoms with E-state index in [-0.39, 0.29) is 11.3 Å². The summed E-state index contributed by atoms with van der Waals surface area (Å²) in [5.74, 6) is -0.994. The molecule has 1 aliphatic heterocycles. The number of aliphatic hydroxyl groups excluding tert-OH is 1. The lowest BCUT2D eigenvalue weighted by atomic mass is 9.93. The van der Waals surface area contributed by atoms with Gasteiger partial charge in [-0.1, -0.05) is 68.4 Å². The van der Waals surface area contributed by atoms with Crippen molar-refractivity contribution in [3.05, 3.63) is 95.6 Å². The van der Waals surface area contributed by atoms with Crippen molar-refractivity contribution in [2.24, 2.45) is 0 Å². The fraction of sp³-hybridized carbons (Fsp3) is 0.269. The minimum absolute atomic E-state index is 0.140. The van der Waals surface area contributed by atoms with Gasteiger partial charge in [0, 0.05) is 31.0 Å². The van der Waals surface area contributed by atoms with Crippen molar-refractivity contribution in [1.29, 1.82) is 0 Å². The fourth-order valence-electron chi connectivity index (χ4n) is 4.11. The van der Waals surface area contributed by atoms with Crippen LogP contribution in [0.3, 0.4) is 0 Å². The molecule has 1 fully saturated rings. The van der Waals surface area contributed by atoms with Crippen LogP contribution < -0.4 is 0 Å². The monoisotopic (exact) mass is 429 g/mol. The first-order valence-electron chi connectivity index (χ1n) is 10.9. The Labute approximate surface area is 187 Å². The molecule has 1 aromatic heterocycles. The number of benzene rings is 2. The Morgan fingerprint density at radius 3 is 2.38 bits per heavy atom. The minimum Gasteiger partial charge on any atom is -0.507 e. The predicted octanol–water partition coefficient (Wildman–Crippen LogP) is 4.52. The Morgan fingerprint density at radius 2 is 1.75 bits per heavy atom. The first-order valence-corrected chi connectivity index (χ1v) is 10.9. The van der Waals surface area contributed by atoms with E-state index in [1.165, 1.54) is 5.56 Å². The van der Waals surface area contributed by atoms with Crippen molar-refractivity contribution in [1.82, 2.24) is 14.5 Å². The summed E-state index contributed by atoms with van der Waals surface area (Å²) in [5, 5.41) is 11.0. The Morgan fingerprint density at radius 1 is 1.03 bits per heavy atom. The van der Waals surface area contributed by atoms with Gasteiger partial charge in [0.15, 0.2) is 0 Å². The Hall–Kier alpha value is -3.67. The van der Waals surface area contributed by atoms with E-state index in [0.717, 1.165) is 5.56 Å². The number of aliphatic hydroxyl groups is 1. The van der Waals surface area contributed by atoms with Crippen LogP contribution in [-0.2, 0) is 16.1 Å². The Bertz CT molecular complexity index is 1120. The summed E-state index contributed by atoms with van der Waals surface area (Å²) in [5.41, 5.74) is 2.65. The SMILES string of the molecule is CC(C)c1ccc(C2/C(=C(/O)c3ccccc3)C(=O)C(=O)N2CCCn2ccnc2)cc1. The average Bonchev–Trinajstić information content (AvgIpc) is 3.41. The molecule has 32 heavy (non-hydrogen) atoms. The predicted molar refractivity (Wildman–Crippen MR) is 123 cm³/mol. The Kier molecular flexibility index (Phi) is 6.21. The highest BCUT2D eigenvalue weighted by Gasteiger charge is 2.45. The number of nitrogens with zero attached hydrogens (tertiary/aromatic N) is 3. The number of aryl methyl sites for hydroxylation is 1. The quantitative estimate of drug-likeness (QED) is 0.340. The molecule has 164 valence electrons. The topological polar surface area (TPSA) is 75.4 Å². The van der Waals surface area contributed by atoms with E-state index in [4.69, 9.17) is 0 Å². The van der Waals surface area contributed by atoms with E-state index >= 15 is 0 Å². The van der Waals surface area contributed by atoms with Crippen molar-refractivity contribution >= 4 is 17.4 Å². The van der Waals surface area contributed by atoms with Crippen molar-refractivity contribution in [3.63, 3.8) is 0 Å². The molecule has 0 radical (unpaired) electrons. The zero-order valence-electron chi connectivity index (χ0n) is 18.3. The molecule has 4 rings (SSSR count). The molecule has 1 unspecified atom stereocenters. The number of Topliss-reactive ketones (excluding diaryl/α,β-unsaturated/α-hetero) is 1. The molecule has 1 N–H and O–H groups in total. The molecule has 0 spiro atoms. The first kappa shape index (κ1) is 21.6. The van der Waals surface area contributed by atoms with Crippen LogP contribution in [0.15, 0.2) is 78.9 Å². The molecule has 1 atom stereocenters. The van der Waals surface area contributed by atoms with Crippen LogP contribution >= 0.6 is 0 Å². The smallest absolute Gasteiger partial charge is 0.295 e. The molecule has 1 aliphatic rings. The van der Waals surface area contributed by atoms with Gasteiger partial charge in [0.05, 0.1) is 17.9 Å². The van der Waals surface area contributed by atoms with E-state index in [1.807, 2.05) is 41.1 Å². The molecule has 6 nitrogen and oxygen atoms in total. The molecular weight excluding hydrogens is 402 g/mol. The third-order valence-corrected chi connectivity index (χ3v) is 5.88. The van der Waals surface area contributed by atoms with E-state index in [2.05, 4.69) is 18.8 Å². The van der Waals surface area contributed by atoms with Gasteiger partial charge in [-0.05, 0) is 23.5 Å². The molecule has 2 heterocycles. The zero-order chi connectivity index (χ0) is 22.7. The first-order chi connectivity index (χ1) is 15.5. The second-order valence-electron chi connectivity index (χ2n) is 8.33. The standard InChI is InChI=1S/C26H27N3O3/c1-18(2)19-9-11-20(12-10-19)23-22(24(30)21-7-4-3-5-8-21)25(31)26(32)29(23)15-6-14-28-16-13-27-17-28/h3-5,7-13,16-18,23,30H,6,14-15H2,1-2H3/b24-22-. The number of imidazole rings is 1. The number of likely N-dealkylation sites (tertiary alicyclic amines) is 1. The van der Waals surface area contributed by atoms with Gasteiger partial charge < -0.3 is 14.6 Å². The maximum absolute atomic E-state index is 13.1. The van der Waals surface area contributed by atoms with Crippen LogP contribution in [0.5, 0.6) is 0 Å². The fourth-order valence-corrected chi connectivity index (χ4v) is 4.11. The number of ketones is 1. The lowest BCUT2D eigenvalue weighted by Crippen LogP contribution is -2.31. The van der Waals surface area contributed by atoms with Crippen LogP contribution in [0.1, 0.15) is 48.9 Å². The highest BCUT2D eigenvalue weighted by Crippen LogP contribution is 2.39. The largest absolute Gasteiger partial charge is 0.507 e. The van der Waals surface area contributed by atoms with Gasteiger partial charge in [-0.3, -0.25) is 9.59 Å². The summed E-state index contributed by atoms with van der Waals surface area (Å²) in [4.78, 5) is 31.7. The van der Waals surface area contributed by atoms with Crippen molar-refractivity contribution in [2.45, 2.75) is 38.8 Å². The Balaban J connectivity index is 1.72. The van der Waals surface area contributed by atoms with Crippen LogP contribution in [-0.4, -0.2) is 37.8 Å². The van der Waals surface area contributed by atoms with Crippen LogP contribution in [0.25, 0.3) is 5.76 Å². The maximum Gasteiger partial charge on any atom is 0.295 e. The molecule has 1 amide bonds. The second kappa shape index (κ2) is 9.22. The lowest BCUT2D eigenvalue weighted by Gasteiger charge is -2.25. The molecule has 0 bridgehead atoms. The van der Waals surface area contributed by atoms with Gasteiger partial charge in [-0.25, -0.2) is 4.98 Å². The third-order valence-electron chi connectivity index (χ3n) is 5.88. The molecule has 1 saturated heterocycles. The average molecular weight is 430 g/mol. The number of aromatic nitrogens is 2. The van der Waals surface area contributed by atoms with Crippen LogP contribution in [0.2, 0.25) is 0 Å². The number of carbonyl (C=O) groups is 2. The van der Waals surface area contributed by atoms with Crippen molar-refractivity contribution < 1.29 is 14.7 Å². The summed E-state index contributed by atoms with van der Waals surface area (Å²) < 4.78 is 1.94. The number of carbonyl (C=O) groups excluding carboxylic acids is 2. The molecular formula is C26H27N3O3. The van der Waals surface area contributed by atoms with Gasteiger partial charge in [0.1, 0.15) is 5.76 Å². The molecule has 2 aromatic carbocycles. The van der Waals surface area contributed by atoms with E-state index < -0.39 is 17.7 Å². The molecule has 3 aromatic rings. The molecule has 0 aliphatic carbocycles. The summed E-state index contributed by atoms with van der Waals surface area (Å²) in [6, 6.07) is 16.2. The number of amides is 1. The second-order valence-corrected chi connectivity index (χ2v) is 8.33. The van der Waals surface area contributed by atoms with Crippen LogP contribution in [0.4, 0.5) is 0 Å². The summed E-state index contributed by atoms with van der Waals surface area (Å²) in [7, 11) is 0. The van der Waals surface area contributed by atoms with E-state index in [1.54, 1.807) is 41.7 Å². The van der Waals surface area contributed by atoms with Crippen LogP contribution in [0, 0.1) is 0 Å². The van der Waals surface area contributed by atoms with Crippen molar-refractivity contribution in [3.8, 4) is 0 Å². The number of rotatable bonds is 7. The molecule has 6 heteroatoms. The summed E-state index contributed by atoms with van der Waals surface area (Å²) in [6.45, 7) is 5.31. The summed E-state index contributed by atoms with van der Waals surface area (Å²) in [6.07, 6.45) is 5.97. The van der Waals surface area contributed by atoms with Gasteiger partial charge in [0.2, 0.25) is 0 Å². The van der Waals surface area contributed by atoms with E-state index in [0.29, 0.717) is 31.0 Å². The minimum atomic E-state index is -0.646. The van der Waals surface area contributed by atoms with E-state index in [9.17, 15) is 14.7 Å². The number of hydrogen-bond donors (Lipinski definition) is 1. The normalized spacial score (nSPS) is 18.0. The number of hydrogen-bond acceptors (Lipinski definition) is 4. The lowest BCUT2D eigenvalue weighted by molar-refractivity contribution is -0.139. The highest BCUT2D eigenvalue weighted by molar-refractivity contribution is 6.46.